The Balaban J connectivity index is 1.92. The number of nitrogens with two attached hydrogens (primary N) is 1. The zero-order valence-electron chi connectivity index (χ0n) is 15.4. The van der Waals surface area contributed by atoms with Crippen LogP contribution in [0.5, 0.6) is 5.75 Å². The Morgan fingerprint density at radius 2 is 1.97 bits per heavy atom. The lowest BCUT2D eigenvalue weighted by Gasteiger charge is -2.27. The van der Waals surface area contributed by atoms with Gasteiger partial charge in [0.25, 0.3) is 0 Å². The van der Waals surface area contributed by atoms with E-state index in [-0.39, 0.29) is 46.7 Å². The molecule has 30 heavy (non-hydrogen) atoms. The van der Waals surface area contributed by atoms with Crippen molar-refractivity contribution in [1.82, 2.24) is 4.31 Å². The highest BCUT2D eigenvalue weighted by Crippen LogP contribution is 2.35. The van der Waals surface area contributed by atoms with E-state index < -0.39 is 27.5 Å². The van der Waals surface area contributed by atoms with E-state index in [4.69, 9.17) is 35.2 Å². The van der Waals surface area contributed by atoms with Crippen LogP contribution in [0.4, 0.5) is 15.8 Å². The molecule has 0 bridgehead atoms. The van der Waals surface area contributed by atoms with Crippen LogP contribution in [0.3, 0.4) is 0 Å². The predicted octanol–water partition coefficient (Wildman–Crippen LogP) is 2.72. The van der Waals surface area contributed by atoms with Crippen molar-refractivity contribution in [1.29, 1.82) is 0 Å². The molecule has 1 aliphatic heterocycles. The SMILES string of the molecule is [C-]#[N+]c1ccc(O[C@H]2CN(S(=O)(=O)c3ccc(Cl)cc3[N+]#[C-])C[C@]2(O)CN)cc1F. The molecule has 0 spiro atoms. The lowest BCUT2D eigenvalue weighted by Crippen LogP contribution is -2.50. The van der Waals surface area contributed by atoms with E-state index in [2.05, 4.69) is 9.69 Å². The van der Waals surface area contributed by atoms with E-state index in [1.807, 2.05) is 0 Å². The molecule has 1 fully saturated rings. The highest BCUT2D eigenvalue weighted by Gasteiger charge is 2.50. The predicted molar refractivity (Wildman–Crippen MR) is 108 cm³/mol. The van der Waals surface area contributed by atoms with Gasteiger partial charge in [-0.15, -0.1) is 0 Å². The third-order valence-electron chi connectivity index (χ3n) is 4.75. The molecular formula is C19H16ClFN4O4S. The number of sulfonamides is 1. The van der Waals surface area contributed by atoms with Gasteiger partial charge in [-0.3, -0.25) is 0 Å². The van der Waals surface area contributed by atoms with Gasteiger partial charge in [0.1, 0.15) is 23.3 Å². The van der Waals surface area contributed by atoms with Crippen LogP contribution in [0.15, 0.2) is 41.3 Å². The molecule has 11 heteroatoms. The molecule has 0 saturated carbocycles. The van der Waals surface area contributed by atoms with Crippen LogP contribution in [-0.4, -0.2) is 49.2 Å². The van der Waals surface area contributed by atoms with Crippen molar-refractivity contribution in [2.45, 2.75) is 16.6 Å². The van der Waals surface area contributed by atoms with Gasteiger partial charge < -0.3 is 15.6 Å². The van der Waals surface area contributed by atoms with Crippen LogP contribution >= 0.6 is 11.6 Å². The van der Waals surface area contributed by atoms with Gasteiger partial charge in [-0.1, -0.05) is 17.7 Å². The molecule has 1 saturated heterocycles. The van der Waals surface area contributed by atoms with Crippen LogP contribution in [0.2, 0.25) is 5.02 Å². The van der Waals surface area contributed by atoms with Crippen LogP contribution in [0, 0.1) is 19.0 Å². The number of aliphatic hydroxyl groups is 1. The largest absolute Gasteiger partial charge is 0.486 e. The van der Waals surface area contributed by atoms with Gasteiger partial charge in [-0.25, -0.2) is 22.5 Å². The molecule has 2 aromatic rings. The van der Waals surface area contributed by atoms with Gasteiger partial charge >= 0.3 is 0 Å². The van der Waals surface area contributed by atoms with Crippen molar-refractivity contribution in [3.05, 3.63) is 70.1 Å². The third-order valence-corrected chi connectivity index (χ3v) is 6.84. The van der Waals surface area contributed by atoms with E-state index in [0.29, 0.717) is 0 Å². The number of halogens is 2. The zero-order chi connectivity index (χ0) is 22.1. The topological polar surface area (TPSA) is 102 Å². The highest BCUT2D eigenvalue weighted by molar-refractivity contribution is 7.89. The van der Waals surface area contributed by atoms with Gasteiger partial charge in [0.05, 0.1) is 24.6 Å². The molecule has 3 rings (SSSR count). The van der Waals surface area contributed by atoms with Crippen molar-refractivity contribution >= 4 is 33.0 Å². The lowest BCUT2D eigenvalue weighted by molar-refractivity contribution is -0.0200. The molecule has 0 radical (unpaired) electrons. The number of benzene rings is 2. The Morgan fingerprint density at radius 1 is 1.27 bits per heavy atom. The van der Waals surface area contributed by atoms with Crippen LogP contribution < -0.4 is 10.5 Å². The molecule has 1 heterocycles. The fraction of sp³-hybridized carbons (Fsp3) is 0.263. The molecule has 0 aliphatic carbocycles. The normalized spacial score (nSPS) is 21.7. The van der Waals surface area contributed by atoms with Gasteiger partial charge in [-0.2, -0.15) is 4.31 Å². The number of hydrogen-bond donors (Lipinski definition) is 2. The van der Waals surface area contributed by atoms with E-state index >= 15 is 0 Å². The van der Waals surface area contributed by atoms with Crippen LogP contribution in [0.25, 0.3) is 9.69 Å². The molecule has 0 amide bonds. The third kappa shape index (κ3) is 3.97. The fourth-order valence-electron chi connectivity index (χ4n) is 3.10. The van der Waals surface area contributed by atoms with Gasteiger partial charge in [0.15, 0.2) is 0 Å². The molecule has 0 unspecified atom stereocenters. The minimum Gasteiger partial charge on any atom is -0.486 e. The first kappa shape index (κ1) is 22.0. The quantitative estimate of drug-likeness (QED) is 0.682. The molecule has 156 valence electrons. The lowest BCUT2D eigenvalue weighted by atomic mass is 10.0. The molecule has 2 aromatic carbocycles. The van der Waals surface area contributed by atoms with Crippen molar-refractivity contribution in [2.75, 3.05) is 19.6 Å². The summed E-state index contributed by atoms with van der Waals surface area (Å²) in [6, 6.07) is 7.36. The summed E-state index contributed by atoms with van der Waals surface area (Å²) in [5, 5.41) is 11.1. The van der Waals surface area contributed by atoms with E-state index in [0.717, 1.165) is 10.4 Å². The minimum absolute atomic E-state index is 0.0179. The summed E-state index contributed by atoms with van der Waals surface area (Å²) in [6.45, 7) is 13.1. The average Bonchev–Trinajstić information content (AvgIpc) is 3.05. The summed E-state index contributed by atoms with van der Waals surface area (Å²) in [4.78, 5) is 5.98. The Kier molecular flexibility index (Phi) is 5.99. The first-order valence-corrected chi connectivity index (χ1v) is 10.4. The first-order chi connectivity index (χ1) is 14.1. The molecular weight excluding hydrogens is 435 g/mol. The van der Waals surface area contributed by atoms with Gasteiger partial charge in [0, 0.05) is 24.2 Å². The second-order valence-corrected chi connectivity index (χ2v) is 9.00. The Labute approximate surface area is 177 Å². The first-order valence-electron chi connectivity index (χ1n) is 8.58. The summed E-state index contributed by atoms with van der Waals surface area (Å²) >= 11 is 5.84. The van der Waals surface area contributed by atoms with Crippen LogP contribution in [-0.2, 0) is 10.0 Å². The monoisotopic (exact) mass is 450 g/mol. The van der Waals surface area contributed by atoms with Gasteiger partial charge in [-0.05, 0) is 24.3 Å². The number of β-amino-alcohol motifs (C(OH)–C–C–N with tert-alkyl or cyclic N) is 1. The molecule has 1 aliphatic rings. The summed E-state index contributed by atoms with van der Waals surface area (Å²) < 4.78 is 46.7. The Hall–Kier alpha value is -2.73. The summed E-state index contributed by atoms with van der Waals surface area (Å²) in [6.07, 6.45) is -1.10. The van der Waals surface area contributed by atoms with Gasteiger partial charge in [0.2, 0.25) is 21.4 Å². The molecule has 2 atom stereocenters. The average molecular weight is 451 g/mol. The second-order valence-electron chi connectivity index (χ2n) is 6.66. The van der Waals surface area contributed by atoms with Crippen molar-refractivity contribution in [3.8, 4) is 5.75 Å². The van der Waals surface area contributed by atoms with E-state index in [1.54, 1.807) is 0 Å². The molecule has 3 N–H and O–H groups in total. The van der Waals surface area contributed by atoms with Crippen LogP contribution in [0.1, 0.15) is 0 Å². The Morgan fingerprint density at radius 3 is 2.57 bits per heavy atom. The number of ether oxygens (including phenoxy) is 1. The standard InChI is InChI=1S/C19H16ClFN4O4S/c1-23-15-5-4-13(8-14(15)21)29-18-9-25(11-19(18,26)10-22)30(27,28)17-6-3-12(20)7-16(17)24-2/h3-8,18,26H,9-11,22H2/t18-,19+/m0/s1. The maximum Gasteiger partial charge on any atom is 0.233 e. The Bertz CT molecular complexity index is 1180. The number of nitrogens with zero attached hydrogens (tertiary/aromatic N) is 3. The maximum atomic E-state index is 13.9. The number of rotatable bonds is 5. The summed E-state index contributed by atoms with van der Waals surface area (Å²) in [5.74, 6) is -0.784. The smallest absolute Gasteiger partial charge is 0.233 e. The summed E-state index contributed by atoms with van der Waals surface area (Å²) in [5.41, 5.74) is 3.59. The second kappa shape index (κ2) is 8.19. The van der Waals surface area contributed by atoms with Crippen molar-refractivity contribution in [2.24, 2.45) is 5.73 Å². The fourth-order valence-corrected chi connectivity index (χ4v) is 4.88. The highest BCUT2D eigenvalue weighted by atomic mass is 35.5. The van der Waals surface area contributed by atoms with E-state index in [1.165, 1.54) is 30.3 Å². The van der Waals surface area contributed by atoms with Crippen molar-refractivity contribution in [3.63, 3.8) is 0 Å². The summed E-state index contributed by atoms with van der Waals surface area (Å²) in [7, 11) is -4.17. The number of hydrogen-bond acceptors (Lipinski definition) is 5. The minimum atomic E-state index is -4.17. The zero-order valence-corrected chi connectivity index (χ0v) is 17.0. The van der Waals surface area contributed by atoms with Crippen molar-refractivity contribution < 1.29 is 22.7 Å². The maximum absolute atomic E-state index is 13.9. The van der Waals surface area contributed by atoms with E-state index in [9.17, 15) is 17.9 Å². The molecule has 0 aromatic heterocycles. The molecule has 8 nitrogen and oxygen atoms in total.